The summed E-state index contributed by atoms with van der Waals surface area (Å²) in [5.74, 6) is -0.185. The van der Waals surface area contributed by atoms with Gasteiger partial charge in [-0.1, -0.05) is 30.3 Å². The Bertz CT molecular complexity index is 773. The number of ether oxygens (including phenoxy) is 1. The van der Waals surface area contributed by atoms with Crippen molar-refractivity contribution in [3.8, 4) is 11.1 Å². The number of esters is 1. The molecule has 0 aliphatic rings. The number of hydrogen-bond acceptors (Lipinski definition) is 2. The molecule has 21 heavy (non-hydrogen) atoms. The molecule has 3 rings (SSSR count). The van der Waals surface area contributed by atoms with Gasteiger partial charge in [-0.15, -0.1) is 0 Å². The normalized spacial score (nSPS) is 10.7. The number of aromatic amines is 1. The van der Waals surface area contributed by atoms with E-state index in [0.29, 0.717) is 13.0 Å². The van der Waals surface area contributed by atoms with Crippen molar-refractivity contribution in [1.82, 2.24) is 4.98 Å². The maximum Gasteiger partial charge on any atom is 0.310 e. The number of hydrogen-bond donors (Lipinski definition) is 1. The van der Waals surface area contributed by atoms with Crippen LogP contribution in [0.2, 0.25) is 0 Å². The zero-order valence-electron chi connectivity index (χ0n) is 11.9. The van der Waals surface area contributed by atoms with Crippen LogP contribution in [-0.2, 0) is 16.0 Å². The molecule has 1 heterocycles. The van der Waals surface area contributed by atoms with Crippen LogP contribution < -0.4 is 0 Å². The molecule has 3 heteroatoms. The molecule has 1 N–H and O–H groups in total. The highest BCUT2D eigenvalue weighted by Gasteiger charge is 2.06. The molecule has 0 spiro atoms. The topological polar surface area (TPSA) is 42.1 Å². The third-order valence-electron chi connectivity index (χ3n) is 3.47. The molecule has 0 aliphatic heterocycles. The average Bonchev–Trinajstić information content (AvgIpc) is 2.95. The number of benzene rings is 2. The lowest BCUT2D eigenvalue weighted by molar-refractivity contribution is -0.142. The molecule has 0 aliphatic carbocycles. The van der Waals surface area contributed by atoms with E-state index in [1.54, 1.807) is 0 Å². The van der Waals surface area contributed by atoms with Crippen LogP contribution in [-0.4, -0.2) is 17.6 Å². The summed E-state index contributed by atoms with van der Waals surface area (Å²) in [6.07, 6.45) is 2.25. The van der Waals surface area contributed by atoms with E-state index in [0.717, 1.165) is 22.2 Å². The minimum atomic E-state index is -0.185. The van der Waals surface area contributed by atoms with Crippen LogP contribution in [0, 0.1) is 0 Å². The summed E-state index contributed by atoms with van der Waals surface area (Å²) in [6.45, 7) is 2.24. The smallest absolute Gasteiger partial charge is 0.310 e. The van der Waals surface area contributed by atoms with Gasteiger partial charge in [0, 0.05) is 11.7 Å². The SMILES string of the molecule is CCOC(=O)Cc1cccc(-c2ccc3[nH]ccc3c2)c1. The molecule has 0 bridgehead atoms. The van der Waals surface area contributed by atoms with Gasteiger partial charge < -0.3 is 9.72 Å². The van der Waals surface area contributed by atoms with Gasteiger partial charge in [0.05, 0.1) is 13.0 Å². The first-order valence-corrected chi connectivity index (χ1v) is 7.08. The monoisotopic (exact) mass is 279 g/mol. The Morgan fingerprint density at radius 1 is 1.10 bits per heavy atom. The molecule has 0 atom stereocenters. The summed E-state index contributed by atoms with van der Waals surface area (Å²) < 4.78 is 5.00. The van der Waals surface area contributed by atoms with Gasteiger partial charge in [-0.05, 0) is 47.2 Å². The Morgan fingerprint density at radius 2 is 1.95 bits per heavy atom. The molecule has 106 valence electrons. The van der Waals surface area contributed by atoms with Gasteiger partial charge >= 0.3 is 5.97 Å². The highest BCUT2D eigenvalue weighted by Crippen LogP contribution is 2.24. The van der Waals surface area contributed by atoms with Gasteiger partial charge in [-0.25, -0.2) is 0 Å². The highest BCUT2D eigenvalue weighted by molar-refractivity contribution is 5.85. The summed E-state index contributed by atoms with van der Waals surface area (Å²) in [6, 6.07) is 16.4. The van der Waals surface area contributed by atoms with E-state index in [2.05, 4.69) is 35.3 Å². The van der Waals surface area contributed by atoms with Crippen LogP contribution in [0.1, 0.15) is 12.5 Å². The number of fused-ring (bicyclic) bond motifs is 1. The molecule has 3 aromatic rings. The molecular weight excluding hydrogens is 262 g/mol. The Hall–Kier alpha value is -2.55. The fourth-order valence-corrected chi connectivity index (χ4v) is 2.47. The van der Waals surface area contributed by atoms with Crippen LogP contribution in [0.4, 0.5) is 0 Å². The largest absolute Gasteiger partial charge is 0.466 e. The standard InChI is InChI=1S/C18H17NO2/c1-2-21-18(20)11-13-4-3-5-14(10-13)15-6-7-17-16(12-15)8-9-19-17/h3-10,12,19H,2,11H2,1H3. The number of aromatic nitrogens is 1. The third kappa shape index (κ3) is 2.97. The van der Waals surface area contributed by atoms with Crippen molar-refractivity contribution in [3.63, 3.8) is 0 Å². The van der Waals surface area contributed by atoms with Crippen LogP contribution in [0.15, 0.2) is 54.7 Å². The van der Waals surface area contributed by atoms with Gasteiger partial charge in [-0.2, -0.15) is 0 Å². The molecule has 0 fully saturated rings. The van der Waals surface area contributed by atoms with Gasteiger partial charge in [0.25, 0.3) is 0 Å². The van der Waals surface area contributed by atoms with Crippen molar-refractivity contribution in [2.24, 2.45) is 0 Å². The Kier molecular flexibility index (Phi) is 3.73. The lowest BCUT2D eigenvalue weighted by atomic mass is 10.0. The highest BCUT2D eigenvalue weighted by atomic mass is 16.5. The van der Waals surface area contributed by atoms with Crippen molar-refractivity contribution >= 4 is 16.9 Å². The van der Waals surface area contributed by atoms with Crippen molar-refractivity contribution in [1.29, 1.82) is 0 Å². The molecule has 1 aromatic heterocycles. The number of rotatable bonds is 4. The van der Waals surface area contributed by atoms with Gasteiger partial charge in [0.15, 0.2) is 0 Å². The summed E-state index contributed by atoms with van der Waals surface area (Å²) in [5, 5.41) is 1.18. The molecule has 2 aromatic carbocycles. The number of carbonyl (C=O) groups is 1. The fraction of sp³-hybridized carbons (Fsp3) is 0.167. The second-order valence-electron chi connectivity index (χ2n) is 4.96. The molecule has 0 unspecified atom stereocenters. The zero-order chi connectivity index (χ0) is 14.7. The number of nitrogens with one attached hydrogen (secondary N) is 1. The van der Waals surface area contributed by atoms with E-state index < -0.39 is 0 Å². The van der Waals surface area contributed by atoms with Crippen LogP contribution >= 0.6 is 0 Å². The first-order chi connectivity index (χ1) is 10.3. The lowest BCUT2D eigenvalue weighted by Gasteiger charge is -2.06. The average molecular weight is 279 g/mol. The molecule has 0 radical (unpaired) electrons. The maximum atomic E-state index is 11.6. The molecule has 0 saturated carbocycles. The van der Waals surface area contributed by atoms with Crippen molar-refractivity contribution < 1.29 is 9.53 Å². The molecule has 3 nitrogen and oxygen atoms in total. The summed E-state index contributed by atoms with van der Waals surface area (Å²) in [5.41, 5.74) is 4.36. The second-order valence-corrected chi connectivity index (χ2v) is 4.96. The maximum absolute atomic E-state index is 11.6. The Morgan fingerprint density at radius 3 is 2.81 bits per heavy atom. The van der Waals surface area contributed by atoms with Crippen LogP contribution in [0.3, 0.4) is 0 Å². The van der Waals surface area contributed by atoms with E-state index in [1.165, 1.54) is 5.39 Å². The fourth-order valence-electron chi connectivity index (χ4n) is 2.47. The first-order valence-electron chi connectivity index (χ1n) is 7.08. The quantitative estimate of drug-likeness (QED) is 0.735. The minimum absolute atomic E-state index is 0.185. The van der Waals surface area contributed by atoms with Crippen molar-refractivity contribution in [2.75, 3.05) is 6.61 Å². The predicted octanol–water partition coefficient (Wildman–Crippen LogP) is 3.94. The van der Waals surface area contributed by atoms with E-state index in [4.69, 9.17) is 4.74 Å². The van der Waals surface area contributed by atoms with Crippen molar-refractivity contribution in [3.05, 3.63) is 60.3 Å². The summed E-state index contributed by atoms with van der Waals surface area (Å²) in [4.78, 5) is 14.8. The van der Waals surface area contributed by atoms with E-state index in [9.17, 15) is 4.79 Å². The van der Waals surface area contributed by atoms with Crippen LogP contribution in [0.5, 0.6) is 0 Å². The van der Waals surface area contributed by atoms with E-state index in [-0.39, 0.29) is 5.97 Å². The molecule has 0 amide bonds. The van der Waals surface area contributed by atoms with Crippen LogP contribution in [0.25, 0.3) is 22.0 Å². The molecular formula is C18H17NO2. The predicted molar refractivity (Wildman–Crippen MR) is 84.1 cm³/mol. The van der Waals surface area contributed by atoms with Gasteiger partial charge in [0.2, 0.25) is 0 Å². The number of carbonyl (C=O) groups excluding carboxylic acids is 1. The Balaban J connectivity index is 1.89. The second kappa shape index (κ2) is 5.83. The minimum Gasteiger partial charge on any atom is -0.466 e. The van der Waals surface area contributed by atoms with E-state index >= 15 is 0 Å². The van der Waals surface area contributed by atoms with E-state index in [1.807, 2.05) is 31.3 Å². The first kappa shape index (κ1) is 13.4. The van der Waals surface area contributed by atoms with Gasteiger partial charge in [0.1, 0.15) is 0 Å². The summed E-state index contributed by atoms with van der Waals surface area (Å²) in [7, 11) is 0. The number of H-pyrrole nitrogens is 1. The lowest BCUT2D eigenvalue weighted by Crippen LogP contribution is -2.07. The Labute approximate surface area is 123 Å². The third-order valence-corrected chi connectivity index (χ3v) is 3.47. The molecule has 0 saturated heterocycles. The summed E-state index contributed by atoms with van der Waals surface area (Å²) >= 11 is 0. The zero-order valence-corrected chi connectivity index (χ0v) is 11.9. The van der Waals surface area contributed by atoms with Crippen molar-refractivity contribution in [2.45, 2.75) is 13.3 Å². The van der Waals surface area contributed by atoms with Gasteiger partial charge in [-0.3, -0.25) is 4.79 Å².